The molecule has 0 radical (unpaired) electrons. The summed E-state index contributed by atoms with van der Waals surface area (Å²) < 4.78 is 24.9. The Morgan fingerprint density at radius 2 is 2.23 bits per heavy atom. The highest BCUT2D eigenvalue weighted by Gasteiger charge is 2.16. The van der Waals surface area contributed by atoms with Gasteiger partial charge < -0.3 is 5.73 Å². The molecule has 6 heteroatoms. The number of nitrogens with two attached hydrogens (primary N) is 1. The van der Waals surface area contributed by atoms with Gasteiger partial charge in [-0.15, -0.1) is 11.6 Å². The third-order valence-corrected chi connectivity index (χ3v) is 2.74. The van der Waals surface area contributed by atoms with Crippen molar-refractivity contribution < 1.29 is 8.78 Å². The van der Waals surface area contributed by atoms with E-state index in [1.807, 2.05) is 0 Å². The molecule has 2 N–H and O–H groups in total. The minimum atomic E-state index is -2.58. The van der Waals surface area contributed by atoms with Gasteiger partial charge in [-0.1, -0.05) is 0 Å². The van der Waals surface area contributed by atoms with Crippen LogP contribution in [0.2, 0.25) is 0 Å². The van der Waals surface area contributed by atoms with Gasteiger partial charge in [0.15, 0.2) is 0 Å². The number of pyridine rings is 1. The fourth-order valence-corrected chi connectivity index (χ4v) is 1.89. The lowest BCUT2D eigenvalue weighted by Gasteiger charge is -2.08. The molecule has 0 fully saturated rings. The van der Waals surface area contributed by atoms with Gasteiger partial charge >= 0.3 is 0 Å². The van der Waals surface area contributed by atoms with Crippen molar-refractivity contribution in [2.24, 2.45) is 0 Å². The predicted octanol–water partition coefficient (Wildman–Crippen LogP) is 3.10. The molecule has 0 saturated carbocycles. The fourth-order valence-electron chi connectivity index (χ4n) is 0.840. The van der Waals surface area contributed by atoms with Gasteiger partial charge in [-0.05, 0) is 15.9 Å². The number of alkyl halides is 3. The van der Waals surface area contributed by atoms with Gasteiger partial charge in [0.2, 0.25) is 0 Å². The summed E-state index contributed by atoms with van der Waals surface area (Å²) in [5, 5.41) is 0. The maximum atomic E-state index is 12.3. The zero-order chi connectivity index (χ0) is 10.0. The standard InChI is InChI=1S/C7H6BrClF2N2/c8-5-3(1-9)7(12)13-2-4(5)6(10)11/h2,6H,1H2,(H2,12,13). The molecule has 0 aliphatic rings. The average molecular weight is 271 g/mol. The van der Waals surface area contributed by atoms with Crippen LogP contribution in [0.25, 0.3) is 0 Å². The minimum absolute atomic E-state index is 0.0555. The molecule has 0 atom stereocenters. The number of nitrogens with zero attached hydrogens (tertiary/aromatic N) is 1. The quantitative estimate of drug-likeness (QED) is 0.840. The number of anilines is 1. The zero-order valence-electron chi connectivity index (χ0n) is 6.40. The molecule has 0 aliphatic carbocycles. The molecule has 0 aliphatic heterocycles. The van der Waals surface area contributed by atoms with Crippen molar-refractivity contribution in [3.05, 3.63) is 21.8 Å². The molecule has 1 heterocycles. The van der Waals surface area contributed by atoms with Crippen molar-refractivity contribution in [1.29, 1.82) is 0 Å². The van der Waals surface area contributed by atoms with Crippen molar-refractivity contribution in [1.82, 2.24) is 4.98 Å². The van der Waals surface area contributed by atoms with E-state index in [9.17, 15) is 8.78 Å². The molecule has 72 valence electrons. The van der Waals surface area contributed by atoms with Crippen molar-refractivity contribution in [2.45, 2.75) is 12.3 Å². The predicted molar refractivity (Wildman–Crippen MR) is 50.9 cm³/mol. The third kappa shape index (κ3) is 2.08. The molecule has 0 bridgehead atoms. The molecule has 0 saturated heterocycles. The smallest absolute Gasteiger partial charge is 0.266 e. The van der Waals surface area contributed by atoms with Crippen LogP contribution in [0.1, 0.15) is 17.6 Å². The number of rotatable bonds is 2. The van der Waals surface area contributed by atoms with Gasteiger partial charge in [0.25, 0.3) is 6.43 Å². The van der Waals surface area contributed by atoms with Crippen LogP contribution in [0.5, 0.6) is 0 Å². The van der Waals surface area contributed by atoms with E-state index in [-0.39, 0.29) is 21.7 Å². The van der Waals surface area contributed by atoms with E-state index in [2.05, 4.69) is 20.9 Å². The normalized spacial score (nSPS) is 10.8. The first-order valence-electron chi connectivity index (χ1n) is 3.34. The van der Waals surface area contributed by atoms with E-state index in [0.717, 1.165) is 6.20 Å². The number of hydrogen-bond donors (Lipinski definition) is 1. The molecule has 1 aromatic heterocycles. The van der Waals surface area contributed by atoms with Crippen molar-refractivity contribution in [2.75, 3.05) is 5.73 Å². The summed E-state index contributed by atoms with van der Waals surface area (Å²) in [7, 11) is 0. The maximum Gasteiger partial charge on any atom is 0.266 e. The zero-order valence-corrected chi connectivity index (χ0v) is 8.74. The highest BCUT2D eigenvalue weighted by molar-refractivity contribution is 9.10. The Kier molecular flexibility index (Phi) is 3.44. The number of nitrogen functional groups attached to an aromatic ring is 1. The molecule has 0 spiro atoms. The Morgan fingerprint density at radius 1 is 1.62 bits per heavy atom. The molecule has 0 aromatic carbocycles. The fraction of sp³-hybridized carbons (Fsp3) is 0.286. The van der Waals surface area contributed by atoms with Gasteiger partial charge in [0.05, 0.1) is 11.4 Å². The highest BCUT2D eigenvalue weighted by atomic mass is 79.9. The Balaban J connectivity index is 3.27. The topological polar surface area (TPSA) is 38.9 Å². The van der Waals surface area contributed by atoms with Crippen molar-refractivity contribution >= 4 is 33.3 Å². The second-order valence-corrected chi connectivity index (χ2v) is 3.39. The lowest BCUT2D eigenvalue weighted by molar-refractivity contribution is 0.150. The first-order valence-corrected chi connectivity index (χ1v) is 4.67. The third-order valence-electron chi connectivity index (χ3n) is 1.54. The molecule has 0 unspecified atom stereocenters. The Labute approximate surface area is 87.2 Å². The number of halogens is 4. The van der Waals surface area contributed by atoms with Crippen molar-refractivity contribution in [3.8, 4) is 0 Å². The SMILES string of the molecule is Nc1ncc(C(F)F)c(Br)c1CCl. The van der Waals surface area contributed by atoms with E-state index in [4.69, 9.17) is 17.3 Å². The second kappa shape index (κ2) is 4.19. The van der Waals surface area contributed by atoms with Crippen LogP contribution in [0, 0.1) is 0 Å². The summed E-state index contributed by atoms with van der Waals surface area (Å²) in [6.07, 6.45) is -1.54. The van der Waals surface area contributed by atoms with E-state index < -0.39 is 6.43 Å². The lowest BCUT2D eigenvalue weighted by Crippen LogP contribution is -2.00. The Bertz CT molecular complexity index is 320. The van der Waals surface area contributed by atoms with E-state index in [1.54, 1.807) is 0 Å². The van der Waals surface area contributed by atoms with Crippen LogP contribution in [-0.2, 0) is 5.88 Å². The van der Waals surface area contributed by atoms with Gasteiger partial charge in [-0.25, -0.2) is 13.8 Å². The molecular formula is C7H6BrClF2N2. The lowest BCUT2D eigenvalue weighted by atomic mass is 10.2. The Hall–Kier alpha value is -0.420. The van der Waals surface area contributed by atoms with Crippen LogP contribution in [0.15, 0.2) is 10.7 Å². The van der Waals surface area contributed by atoms with Gasteiger partial charge in [-0.3, -0.25) is 0 Å². The largest absolute Gasteiger partial charge is 0.383 e. The summed E-state index contributed by atoms with van der Waals surface area (Å²) in [6.45, 7) is 0. The summed E-state index contributed by atoms with van der Waals surface area (Å²) in [5.41, 5.74) is 5.64. The summed E-state index contributed by atoms with van der Waals surface area (Å²) in [4.78, 5) is 3.62. The van der Waals surface area contributed by atoms with E-state index in [0.29, 0.717) is 5.56 Å². The van der Waals surface area contributed by atoms with Gasteiger partial charge in [0, 0.05) is 16.2 Å². The number of hydrogen-bond acceptors (Lipinski definition) is 2. The minimum Gasteiger partial charge on any atom is -0.383 e. The molecule has 2 nitrogen and oxygen atoms in total. The number of aromatic nitrogens is 1. The summed E-state index contributed by atoms with van der Waals surface area (Å²) in [5.74, 6) is 0.228. The van der Waals surface area contributed by atoms with Gasteiger partial charge in [-0.2, -0.15) is 0 Å². The maximum absolute atomic E-state index is 12.3. The molecule has 0 amide bonds. The van der Waals surface area contributed by atoms with Crippen LogP contribution in [-0.4, -0.2) is 4.98 Å². The van der Waals surface area contributed by atoms with Crippen molar-refractivity contribution in [3.63, 3.8) is 0 Å². The first kappa shape index (κ1) is 10.7. The average Bonchev–Trinajstić information content (AvgIpc) is 2.04. The summed E-state index contributed by atoms with van der Waals surface area (Å²) in [6, 6.07) is 0. The monoisotopic (exact) mass is 270 g/mol. The summed E-state index contributed by atoms with van der Waals surface area (Å²) >= 11 is 8.53. The van der Waals surface area contributed by atoms with E-state index in [1.165, 1.54) is 0 Å². The van der Waals surface area contributed by atoms with Crippen LogP contribution in [0.4, 0.5) is 14.6 Å². The van der Waals surface area contributed by atoms with Gasteiger partial charge in [0.1, 0.15) is 5.82 Å². The highest BCUT2D eigenvalue weighted by Crippen LogP contribution is 2.32. The Morgan fingerprint density at radius 3 is 2.69 bits per heavy atom. The molecule has 1 rings (SSSR count). The molecular weight excluding hydrogens is 265 g/mol. The molecule has 1 aromatic rings. The second-order valence-electron chi connectivity index (χ2n) is 2.33. The molecule has 13 heavy (non-hydrogen) atoms. The van der Waals surface area contributed by atoms with Crippen LogP contribution in [0.3, 0.4) is 0 Å². The van der Waals surface area contributed by atoms with Crippen LogP contribution >= 0.6 is 27.5 Å². The van der Waals surface area contributed by atoms with E-state index >= 15 is 0 Å². The first-order chi connectivity index (χ1) is 6.07. The van der Waals surface area contributed by atoms with Crippen LogP contribution < -0.4 is 5.73 Å².